The van der Waals surface area contributed by atoms with Crippen LogP contribution in [0.5, 0.6) is 0 Å². The molecule has 3 atom stereocenters. The highest BCUT2D eigenvalue weighted by Crippen LogP contribution is 2.26. The molecule has 0 amide bonds. The maximum atomic E-state index is 6.20. The zero-order chi connectivity index (χ0) is 15.9. The van der Waals surface area contributed by atoms with Crippen molar-refractivity contribution < 1.29 is 9.47 Å². The van der Waals surface area contributed by atoms with Gasteiger partial charge in [0.15, 0.2) is 0 Å². The Morgan fingerprint density at radius 1 is 0.913 bits per heavy atom. The predicted octanol–water partition coefficient (Wildman–Crippen LogP) is 2.77. The first-order valence-corrected chi connectivity index (χ1v) is 9.99. The molecule has 0 aromatic heterocycles. The second kappa shape index (κ2) is 9.36. The third-order valence-electron chi connectivity index (χ3n) is 5.94. The first kappa shape index (κ1) is 17.7. The Kier molecular flexibility index (Phi) is 7.18. The van der Waals surface area contributed by atoms with Crippen molar-refractivity contribution in [2.75, 3.05) is 52.5 Å². The standard InChI is InChI=1S/C19H36N2O2/c1-17-6-2-3-8-19(17)23-15-13-20-9-5-10-21(12-11-20)16-18-7-4-14-22-18/h17-19H,2-16H2,1H3/t17-,18+,19+/m1/s1. The molecule has 4 heteroatoms. The molecular weight excluding hydrogens is 288 g/mol. The van der Waals surface area contributed by atoms with E-state index < -0.39 is 0 Å². The van der Waals surface area contributed by atoms with Gasteiger partial charge in [-0.1, -0.05) is 19.8 Å². The van der Waals surface area contributed by atoms with Crippen LogP contribution >= 0.6 is 0 Å². The zero-order valence-electron chi connectivity index (χ0n) is 15.0. The summed E-state index contributed by atoms with van der Waals surface area (Å²) in [5.74, 6) is 0.759. The third kappa shape index (κ3) is 5.70. The van der Waals surface area contributed by atoms with Crippen LogP contribution in [0.25, 0.3) is 0 Å². The minimum atomic E-state index is 0.498. The lowest BCUT2D eigenvalue weighted by Crippen LogP contribution is -2.37. The second-order valence-electron chi connectivity index (χ2n) is 7.80. The summed E-state index contributed by atoms with van der Waals surface area (Å²) in [6.07, 6.45) is 10.2. The molecule has 134 valence electrons. The molecule has 2 saturated heterocycles. The molecule has 1 saturated carbocycles. The highest BCUT2D eigenvalue weighted by atomic mass is 16.5. The summed E-state index contributed by atoms with van der Waals surface area (Å²) in [5, 5.41) is 0. The van der Waals surface area contributed by atoms with Gasteiger partial charge in [0.25, 0.3) is 0 Å². The smallest absolute Gasteiger partial charge is 0.0702 e. The van der Waals surface area contributed by atoms with Gasteiger partial charge >= 0.3 is 0 Å². The van der Waals surface area contributed by atoms with Gasteiger partial charge in [0.05, 0.1) is 18.8 Å². The fraction of sp³-hybridized carbons (Fsp3) is 1.00. The van der Waals surface area contributed by atoms with Crippen LogP contribution in [0.3, 0.4) is 0 Å². The van der Waals surface area contributed by atoms with Gasteiger partial charge in [-0.15, -0.1) is 0 Å². The molecule has 0 spiro atoms. The van der Waals surface area contributed by atoms with Crippen LogP contribution in [0, 0.1) is 5.92 Å². The lowest BCUT2D eigenvalue weighted by molar-refractivity contribution is -0.0135. The van der Waals surface area contributed by atoms with Crippen molar-refractivity contribution in [1.82, 2.24) is 9.80 Å². The van der Waals surface area contributed by atoms with Gasteiger partial charge < -0.3 is 9.47 Å². The first-order valence-electron chi connectivity index (χ1n) is 9.99. The quantitative estimate of drug-likeness (QED) is 0.750. The van der Waals surface area contributed by atoms with Gasteiger partial charge in [-0.2, -0.15) is 0 Å². The number of ether oxygens (including phenoxy) is 2. The van der Waals surface area contributed by atoms with Crippen molar-refractivity contribution in [3.8, 4) is 0 Å². The summed E-state index contributed by atoms with van der Waals surface area (Å²) in [7, 11) is 0. The fourth-order valence-corrected chi connectivity index (χ4v) is 4.37. The lowest BCUT2D eigenvalue weighted by atomic mass is 9.88. The van der Waals surface area contributed by atoms with Gasteiger partial charge in [-0.25, -0.2) is 0 Å². The van der Waals surface area contributed by atoms with E-state index in [2.05, 4.69) is 16.7 Å². The van der Waals surface area contributed by atoms with Crippen molar-refractivity contribution in [2.45, 2.75) is 64.1 Å². The van der Waals surface area contributed by atoms with Crippen molar-refractivity contribution in [2.24, 2.45) is 5.92 Å². The summed E-state index contributed by atoms with van der Waals surface area (Å²) in [6, 6.07) is 0. The third-order valence-corrected chi connectivity index (χ3v) is 5.94. The predicted molar refractivity (Wildman–Crippen MR) is 93.8 cm³/mol. The van der Waals surface area contributed by atoms with E-state index in [9.17, 15) is 0 Å². The number of hydrogen-bond donors (Lipinski definition) is 0. The molecule has 0 unspecified atom stereocenters. The van der Waals surface area contributed by atoms with Crippen LogP contribution in [0.15, 0.2) is 0 Å². The number of rotatable bonds is 6. The molecular formula is C19H36N2O2. The summed E-state index contributed by atoms with van der Waals surface area (Å²) in [5.41, 5.74) is 0. The number of hydrogen-bond acceptors (Lipinski definition) is 4. The van der Waals surface area contributed by atoms with Crippen molar-refractivity contribution >= 4 is 0 Å². The van der Waals surface area contributed by atoms with E-state index in [1.165, 1.54) is 71.1 Å². The SMILES string of the molecule is C[C@@H]1CCCC[C@@H]1OCCN1CCCN(C[C@@H]2CCCO2)CC1. The van der Waals surface area contributed by atoms with E-state index in [0.29, 0.717) is 12.2 Å². The summed E-state index contributed by atoms with van der Waals surface area (Å²) in [6.45, 7) is 11.3. The highest BCUT2D eigenvalue weighted by Gasteiger charge is 2.23. The molecule has 0 aromatic carbocycles. The minimum absolute atomic E-state index is 0.498. The molecule has 2 aliphatic heterocycles. The molecule has 3 rings (SSSR count). The summed E-state index contributed by atoms with van der Waals surface area (Å²) >= 11 is 0. The minimum Gasteiger partial charge on any atom is -0.377 e. The summed E-state index contributed by atoms with van der Waals surface area (Å²) < 4.78 is 12.0. The van der Waals surface area contributed by atoms with Gasteiger partial charge in [0.2, 0.25) is 0 Å². The molecule has 1 aliphatic carbocycles. The Balaban J connectivity index is 1.31. The van der Waals surface area contributed by atoms with Crippen molar-refractivity contribution in [1.29, 1.82) is 0 Å². The molecule has 0 radical (unpaired) electrons. The Morgan fingerprint density at radius 3 is 2.57 bits per heavy atom. The first-order chi connectivity index (χ1) is 11.3. The fourth-order valence-electron chi connectivity index (χ4n) is 4.37. The second-order valence-corrected chi connectivity index (χ2v) is 7.80. The average Bonchev–Trinajstić information content (AvgIpc) is 2.96. The monoisotopic (exact) mass is 324 g/mol. The van der Waals surface area contributed by atoms with E-state index in [1.54, 1.807) is 0 Å². The lowest BCUT2D eigenvalue weighted by Gasteiger charge is -2.30. The average molecular weight is 325 g/mol. The Labute approximate surface area is 142 Å². The van der Waals surface area contributed by atoms with Crippen LogP contribution < -0.4 is 0 Å². The van der Waals surface area contributed by atoms with E-state index in [-0.39, 0.29) is 0 Å². The zero-order valence-corrected chi connectivity index (χ0v) is 15.0. The topological polar surface area (TPSA) is 24.9 Å². The van der Waals surface area contributed by atoms with Crippen LogP contribution in [-0.2, 0) is 9.47 Å². The van der Waals surface area contributed by atoms with Gasteiger partial charge in [0, 0.05) is 32.8 Å². The van der Waals surface area contributed by atoms with Crippen molar-refractivity contribution in [3.05, 3.63) is 0 Å². The normalized spacial score (nSPS) is 34.6. The summed E-state index contributed by atoms with van der Waals surface area (Å²) in [4.78, 5) is 5.21. The highest BCUT2D eigenvalue weighted by molar-refractivity contribution is 4.76. The Bertz CT molecular complexity index is 333. The maximum absolute atomic E-state index is 6.20. The molecule has 3 fully saturated rings. The van der Waals surface area contributed by atoms with E-state index in [0.717, 1.165) is 32.2 Å². The molecule has 23 heavy (non-hydrogen) atoms. The van der Waals surface area contributed by atoms with E-state index in [1.807, 2.05) is 0 Å². The van der Waals surface area contributed by atoms with Crippen LogP contribution in [0.1, 0.15) is 51.9 Å². The molecule has 0 aromatic rings. The van der Waals surface area contributed by atoms with Crippen LogP contribution in [-0.4, -0.2) is 74.5 Å². The molecule has 2 heterocycles. The van der Waals surface area contributed by atoms with Crippen molar-refractivity contribution in [3.63, 3.8) is 0 Å². The molecule has 0 bridgehead atoms. The number of nitrogens with zero attached hydrogens (tertiary/aromatic N) is 2. The molecule has 0 N–H and O–H groups in total. The maximum Gasteiger partial charge on any atom is 0.0702 e. The van der Waals surface area contributed by atoms with Gasteiger partial charge in [-0.05, 0) is 51.1 Å². The van der Waals surface area contributed by atoms with Crippen LogP contribution in [0.4, 0.5) is 0 Å². The Hall–Kier alpha value is -0.160. The molecule has 3 aliphatic rings. The molecule has 4 nitrogen and oxygen atoms in total. The van der Waals surface area contributed by atoms with Gasteiger partial charge in [0.1, 0.15) is 0 Å². The Morgan fingerprint density at radius 2 is 1.74 bits per heavy atom. The van der Waals surface area contributed by atoms with E-state index >= 15 is 0 Å². The van der Waals surface area contributed by atoms with E-state index in [4.69, 9.17) is 9.47 Å². The van der Waals surface area contributed by atoms with Crippen LogP contribution in [0.2, 0.25) is 0 Å². The van der Waals surface area contributed by atoms with Gasteiger partial charge in [-0.3, -0.25) is 9.80 Å². The largest absolute Gasteiger partial charge is 0.377 e.